The van der Waals surface area contributed by atoms with Crippen molar-refractivity contribution in [3.05, 3.63) is 23.8 Å². The average Bonchev–Trinajstić information content (AvgIpc) is 2.26. The SMILES string of the molecule is CN1c2c(CN)cccc2NC(=O)C1(C)C. The maximum absolute atomic E-state index is 11.9. The molecule has 4 heteroatoms. The number of nitrogens with two attached hydrogens (primary N) is 1. The van der Waals surface area contributed by atoms with Crippen LogP contribution in [0.5, 0.6) is 0 Å². The molecule has 2 rings (SSSR count). The van der Waals surface area contributed by atoms with Crippen molar-refractivity contribution >= 4 is 17.3 Å². The van der Waals surface area contributed by atoms with Gasteiger partial charge < -0.3 is 16.0 Å². The molecule has 0 saturated heterocycles. The minimum Gasteiger partial charge on any atom is -0.359 e. The van der Waals surface area contributed by atoms with Gasteiger partial charge in [-0.2, -0.15) is 0 Å². The second kappa shape index (κ2) is 3.49. The number of hydrogen-bond acceptors (Lipinski definition) is 3. The average molecular weight is 219 g/mol. The van der Waals surface area contributed by atoms with Crippen LogP contribution in [-0.4, -0.2) is 18.5 Å². The first-order chi connectivity index (χ1) is 7.48. The zero-order chi connectivity index (χ0) is 11.9. The van der Waals surface area contributed by atoms with Crippen LogP contribution in [-0.2, 0) is 11.3 Å². The number of carbonyl (C=O) groups excluding carboxylic acids is 1. The fourth-order valence-electron chi connectivity index (χ4n) is 1.96. The summed E-state index contributed by atoms with van der Waals surface area (Å²) in [6.07, 6.45) is 0. The van der Waals surface area contributed by atoms with Gasteiger partial charge in [0, 0.05) is 13.6 Å². The third-order valence-electron chi connectivity index (χ3n) is 3.32. The van der Waals surface area contributed by atoms with E-state index < -0.39 is 5.54 Å². The molecule has 1 heterocycles. The van der Waals surface area contributed by atoms with Gasteiger partial charge in [-0.1, -0.05) is 12.1 Å². The Morgan fingerprint density at radius 2 is 2.12 bits per heavy atom. The molecule has 0 aromatic heterocycles. The van der Waals surface area contributed by atoms with Crippen molar-refractivity contribution in [2.75, 3.05) is 17.3 Å². The molecule has 3 N–H and O–H groups in total. The molecular formula is C12H17N3O. The van der Waals surface area contributed by atoms with E-state index in [1.165, 1.54) is 0 Å². The second-order valence-corrected chi connectivity index (χ2v) is 4.59. The molecule has 0 unspecified atom stereocenters. The standard InChI is InChI=1S/C12H17N3O/c1-12(2)11(16)14-9-6-4-5-8(7-13)10(9)15(12)3/h4-6H,7,13H2,1-3H3,(H,14,16). The van der Waals surface area contributed by atoms with Gasteiger partial charge in [0.1, 0.15) is 5.54 Å². The second-order valence-electron chi connectivity index (χ2n) is 4.59. The molecular weight excluding hydrogens is 202 g/mol. The molecule has 16 heavy (non-hydrogen) atoms. The van der Waals surface area contributed by atoms with Gasteiger partial charge in [0.2, 0.25) is 5.91 Å². The van der Waals surface area contributed by atoms with E-state index in [0.29, 0.717) is 6.54 Å². The van der Waals surface area contributed by atoms with Gasteiger partial charge in [0.25, 0.3) is 0 Å². The summed E-state index contributed by atoms with van der Waals surface area (Å²) < 4.78 is 0. The summed E-state index contributed by atoms with van der Waals surface area (Å²) in [5, 5.41) is 2.92. The minimum absolute atomic E-state index is 0.0108. The summed E-state index contributed by atoms with van der Waals surface area (Å²) in [5.74, 6) is 0.0108. The molecule has 0 fully saturated rings. The number of nitrogens with one attached hydrogen (secondary N) is 1. The topological polar surface area (TPSA) is 58.4 Å². The Morgan fingerprint density at radius 3 is 2.75 bits per heavy atom. The molecule has 0 radical (unpaired) electrons. The van der Waals surface area contributed by atoms with E-state index in [9.17, 15) is 4.79 Å². The van der Waals surface area contributed by atoms with Crippen molar-refractivity contribution in [1.29, 1.82) is 0 Å². The van der Waals surface area contributed by atoms with E-state index in [0.717, 1.165) is 16.9 Å². The summed E-state index contributed by atoms with van der Waals surface area (Å²) in [5.41, 5.74) is 8.09. The molecule has 0 atom stereocenters. The lowest BCUT2D eigenvalue weighted by Crippen LogP contribution is -2.54. The van der Waals surface area contributed by atoms with Crippen molar-refractivity contribution in [3.63, 3.8) is 0 Å². The molecule has 0 saturated carbocycles. The monoisotopic (exact) mass is 219 g/mol. The van der Waals surface area contributed by atoms with Gasteiger partial charge in [-0.3, -0.25) is 4.79 Å². The fraction of sp³-hybridized carbons (Fsp3) is 0.417. The van der Waals surface area contributed by atoms with E-state index in [1.54, 1.807) is 0 Å². The molecule has 1 aliphatic heterocycles. The summed E-state index contributed by atoms with van der Waals surface area (Å²) in [4.78, 5) is 13.9. The molecule has 0 bridgehead atoms. The zero-order valence-corrected chi connectivity index (χ0v) is 9.87. The van der Waals surface area contributed by atoms with E-state index in [-0.39, 0.29) is 5.91 Å². The Bertz CT molecular complexity index is 440. The molecule has 1 aliphatic rings. The Morgan fingerprint density at radius 1 is 1.44 bits per heavy atom. The number of hydrogen-bond donors (Lipinski definition) is 2. The number of amides is 1. The number of para-hydroxylation sites is 1. The molecule has 1 aromatic rings. The molecule has 86 valence electrons. The quantitative estimate of drug-likeness (QED) is 0.748. The van der Waals surface area contributed by atoms with Crippen molar-refractivity contribution in [2.24, 2.45) is 5.73 Å². The van der Waals surface area contributed by atoms with Crippen LogP contribution in [0.15, 0.2) is 18.2 Å². The first-order valence-corrected chi connectivity index (χ1v) is 5.35. The molecule has 1 aromatic carbocycles. The lowest BCUT2D eigenvalue weighted by Gasteiger charge is -2.42. The maximum atomic E-state index is 11.9. The van der Waals surface area contributed by atoms with Gasteiger partial charge in [0.05, 0.1) is 11.4 Å². The smallest absolute Gasteiger partial charge is 0.249 e. The van der Waals surface area contributed by atoms with E-state index >= 15 is 0 Å². The summed E-state index contributed by atoms with van der Waals surface area (Å²) >= 11 is 0. The maximum Gasteiger partial charge on any atom is 0.249 e. The van der Waals surface area contributed by atoms with Gasteiger partial charge in [-0.05, 0) is 25.5 Å². The molecule has 0 aliphatic carbocycles. The van der Waals surface area contributed by atoms with Crippen LogP contribution in [0.2, 0.25) is 0 Å². The number of nitrogens with zero attached hydrogens (tertiary/aromatic N) is 1. The van der Waals surface area contributed by atoms with Crippen LogP contribution in [0.25, 0.3) is 0 Å². The van der Waals surface area contributed by atoms with Crippen LogP contribution in [0.3, 0.4) is 0 Å². The zero-order valence-electron chi connectivity index (χ0n) is 9.87. The minimum atomic E-state index is -0.543. The molecule has 0 spiro atoms. The first-order valence-electron chi connectivity index (χ1n) is 5.35. The summed E-state index contributed by atoms with van der Waals surface area (Å²) in [7, 11) is 1.93. The van der Waals surface area contributed by atoms with E-state index in [4.69, 9.17) is 5.73 Å². The summed E-state index contributed by atoms with van der Waals surface area (Å²) in [6.45, 7) is 4.27. The normalized spacial score (nSPS) is 18.0. The van der Waals surface area contributed by atoms with Crippen molar-refractivity contribution < 1.29 is 4.79 Å². The Labute approximate surface area is 95.4 Å². The van der Waals surface area contributed by atoms with E-state index in [1.807, 2.05) is 44.0 Å². The van der Waals surface area contributed by atoms with Gasteiger partial charge in [0.15, 0.2) is 0 Å². The molecule has 4 nitrogen and oxygen atoms in total. The van der Waals surface area contributed by atoms with Gasteiger partial charge in [-0.15, -0.1) is 0 Å². The third kappa shape index (κ3) is 1.38. The van der Waals surface area contributed by atoms with Gasteiger partial charge in [-0.25, -0.2) is 0 Å². The lowest BCUT2D eigenvalue weighted by atomic mass is 9.95. The Hall–Kier alpha value is -1.55. The number of carbonyl (C=O) groups is 1. The Balaban J connectivity index is 2.61. The van der Waals surface area contributed by atoms with Gasteiger partial charge >= 0.3 is 0 Å². The Kier molecular flexibility index (Phi) is 2.39. The highest BCUT2D eigenvalue weighted by molar-refractivity contribution is 6.06. The van der Waals surface area contributed by atoms with Crippen molar-refractivity contribution in [3.8, 4) is 0 Å². The fourth-order valence-corrected chi connectivity index (χ4v) is 1.96. The highest BCUT2D eigenvalue weighted by atomic mass is 16.2. The van der Waals surface area contributed by atoms with Crippen molar-refractivity contribution in [1.82, 2.24) is 0 Å². The predicted octanol–water partition coefficient (Wildman–Crippen LogP) is 1.31. The predicted molar refractivity (Wildman–Crippen MR) is 65.4 cm³/mol. The van der Waals surface area contributed by atoms with Crippen LogP contribution >= 0.6 is 0 Å². The molecule has 1 amide bonds. The number of rotatable bonds is 1. The lowest BCUT2D eigenvalue weighted by molar-refractivity contribution is -0.120. The highest BCUT2D eigenvalue weighted by Gasteiger charge is 2.38. The first kappa shape index (κ1) is 11.0. The number of fused-ring (bicyclic) bond motifs is 1. The largest absolute Gasteiger partial charge is 0.359 e. The number of benzene rings is 1. The number of likely N-dealkylation sites (N-methyl/N-ethyl adjacent to an activating group) is 1. The van der Waals surface area contributed by atoms with Crippen LogP contribution in [0.1, 0.15) is 19.4 Å². The van der Waals surface area contributed by atoms with Crippen LogP contribution in [0.4, 0.5) is 11.4 Å². The summed E-state index contributed by atoms with van der Waals surface area (Å²) in [6, 6.07) is 5.80. The van der Waals surface area contributed by atoms with E-state index in [2.05, 4.69) is 5.32 Å². The third-order valence-corrected chi connectivity index (χ3v) is 3.32. The van der Waals surface area contributed by atoms with Crippen molar-refractivity contribution in [2.45, 2.75) is 25.9 Å². The van der Waals surface area contributed by atoms with Crippen LogP contribution in [0, 0.1) is 0 Å². The number of anilines is 2. The van der Waals surface area contributed by atoms with Crippen LogP contribution < -0.4 is 16.0 Å². The highest BCUT2D eigenvalue weighted by Crippen LogP contribution is 2.37.